The zero-order valence-electron chi connectivity index (χ0n) is 11.9. The Balaban J connectivity index is 2.86. The topological polar surface area (TPSA) is 21.3 Å². The number of ether oxygens (including phenoxy) is 1. The molecule has 4 heteroatoms. The van der Waals surface area contributed by atoms with Gasteiger partial charge in [0.15, 0.2) is 0 Å². The van der Waals surface area contributed by atoms with Crippen molar-refractivity contribution in [2.75, 3.05) is 13.7 Å². The average Bonchev–Trinajstić information content (AvgIpc) is 2.40. The lowest BCUT2D eigenvalue weighted by Gasteiger charge is -2.27. The first-order valence-electron chi connectivity index (χ1n) is 6.83. The Morgan fingerprint density at radius 2 is 2.11 bits per heavy atom. The van der Waals surface area contributed by atoms with Crippen molar-refractivity contribution < 1.29 is 9.13 Å². The Bertz CT molecular complexity index is 362. The summed E-state index contributed by atoms with van der Waals surface area (Å²) in [5, 5.41) is 3.90. The van der Waals surface area contributed by atoms with Crippen LogP contribution in [0.3, 0.4) is 0 Å². The number of hydrogen-bond donors (Lipinski definition) is 1. The smallest absolute Gasteiger partial charge is 0.127 e. The summed E-state index contributed by atoms with van der Waals surface area (Å²) in [6, 6.07) is 4.88. The molecule has 1 rings (SSSR count). The number of methoxy groups -OCH3 is 1. The van der Waals surface area contributed by atoms with Gasteiger partial charge in [0.05, 0.1) is 6.10 Å². The molecule has 0 saturated heterocycles. The van der Waals surface area contributed by atoms with E-state index in [2.05, 4.69) is 19.2 Å². The molecule has 0 heterocycles. The van der Waals surface area contributed by atoms with Crippen LogP contribution < -0.4 is 5.32 Å². The molecule has 0 aromatic heterocycles. The lowest BCUT2D eigenvalue weighted by Crippen LogP contribution is -2.43. The van der Waals surface area contributed by atoms with Gasteiger partial charge in [-0.1, -0.05) is 31.5 Å². The van der Waals surface area contributed by atoms with Gasteiger partial charge in [0, 0.05) is 23.7 Å². The molecule has 0 aliphatic rings. The van der Waals surface area contributed by atoms with Gasteiger partial charge in [0.25, 0.3) is 0 Å². The van der Waals surface area contributed by atoms with E-state index >= 15 is 0 Å². The second-order valence-electron chi connectivity index (χ2n) is 4.65. The fraction of sp³-hybridized carbons (Fsp3) is 0.600. The Labute approximate surface area is 120 Å². The molecule has 2 unspecified atom stereocenters. The fourth-order valence-electron chi connectivity index (χ4n) is 2.23. The van der Waals surface area contributed by atoms with Crippen LogP contribution in [0.2, 0.25) is 5.02 Å². The maximum absolute atomic E-state index is 13.9. The van der Waals surface area contributed by atoms with Crippen molar-refractivity contribution in [3.8, 4) is 0 Å². The van der Waals surface area contributed by atoms with E-state index in [1.165, 1.54) is 6.07 Å². The lowest BCUT2D eigenvalue weighted by molar-refractivity contribution is 0.0651. The van der Waals surface area contributed by atoms with Gasteiger partial charge in [-0.3, -0.25) is 0 Å². The van der Waals surface area contributed by atoms with E-state index < -0.39 is 0 Å². The standard InChI is InChI=1S/C15H23ClFNO/c1-4-9-18-14(15(5-2)19-3)10-11-12(16)7-6-8-13(11)17/h6-8,14-15,18H,4-5,9-10H2,1-3H3. The van der Waals surface area contributed by atoms with Crippen LogP contribution in [0.5, 0.6) is 0 Å². The van der Waals surface area contributed by atoms with E-state index in [0.717, 1.165) is 19.4 Å². The summed E-state index contributed by atoms with van der Waals surface area (Å²) in [7, 11) is 1.69. The molecule has 0 radical (unpaired) electrons. The summed E-state index contributed by atoms with van der Waals surface area (Å²) in [5.74, 6) is -0.248. The second-order valence-corrected chi connectivity index (χ2v) is 5.05. The predicted molar refractivity (Wildman–Crippen MR) is 78.3 cm³/mol. The van der Waals surface area contributed by atoms with Gasteiger partial charge >= 0.3 is 0 Å². The quantitative estimate of drug-likeness (QED) is 0.785. The molecule has 2 atom stereocenters. The maximum atomic E-state index is 13.9. The fourth-order valence-corrected chi connectivity index (χ4v) is 2.47. The van der Waals surface area contributed by atoms with Crippen LogP contribution in [-0.4, -0.2) is 25.8 Å². The van der Waals surface area contributed by atoms with E-state index in [1.807, 2.05) is 0 Å². The molecular formula is C15H23ClFNO. The Hall–Kier alpha value is -0.640. The average molecular weight is 288 g/mol. The van der Waals surface area contributed by atoms with Crippen LogP contribution in [0.15, 0.2) is 18.2 Å². The van der Waals surface area contributed by atoms with Crippen LogP contribution in [0.1, 0.15) is 32.3 Å². The van der Waals surface area contributed by atoms with Gasteiger partial charge in [-0.15, -0.1) is 0 Å². The summed E-state index contributed by atoms with van der Waals surface area (Å²) in [4.78, 5) is 0. The molecular weight excluding hydrogens is 265 g/mol. The van der Waals surface area contributed by atoms with Crippen LogP contribution >= 0.6 is 11.6 Å². The van der Waals surface area contributed by atoms with Crippen molar-refractivity contribution in [3.63, 3.8) is 0 Å². The normalized spacial score (nSPS) is 14.4. The monoisotopic (exact) mass is 287 g/mol. The number of hydrogen-bond acceptors (Lipinski definition) is 2. The first kappa shape index (κ1) is 16.4. The molecule has 2 nitrogen and oxygen atoms in total. The van der Waals surface area contributed by atoms with Crippen molar-refractivity contribution in [2.45, 2.75) is 45.3 Å². The molecule has 0 spiro atoms. The van der Waals surface area contributed by atoms with Crippen LogP contribution in [0.25, 0.3) is 0 Å². The summed E-state index contributed by atoms with van der Waals surface area (Å²) in [6.45, 7) is 5.06. The zero-order chi connectivity index (χ0) is 14.3. The highest BCUT2D eigenvalue weighted by molar-refractivity contribution is 6.31. The molecule has 0 aliphatic heterocycles. The van der Waals surface area contributed by atoms with Gasteiger partial charge < -0.3 is 10.1 Å². The summed E-state index contributed by atoms with van der Waals surface area (Å²) >= 11 is 6.09. The molecule has 0 saturated carbocycles. The molecule has 0 amide bonds. The Morgan fingerprint density at radius 3 is 2.63 bits per heavy atom. The van der Waals surface area contributed by atoms with Crippen molar-refractivity contribution in [1.82, 2.24) is 5.32 Å². The highest BCUT2D eigenvalue weighted by Gasteiger charge is 2.22. The first-order valence-corrected chi connectivity index (χ1v) is 7.20. The zero-order valence-corrected chi connectivity index (χ0v) is 12.6. The molecule has 0 aliphatic carbocycles. The SMILES string of the molecule is CCCNC(Cc1c(F)cccc1Cl)C(CC)OC. The third-order valence-electron chi connectivity index (χ3n) is 3.30. The molecule has 0 bridgehead atoms. The molecule has 1 aromatic rings. The predicted octanol–water partition coefficient (Wildman–Crippen LogP) is 3.81. The van der Waals surface area contributed by atoms with E-state index in [1.54, 1.807) is 19.2 Å². The van der Waals surface area contributed by atoms with Crippen molar-refractivity contribution in [3.05, 3.63) is 34.6 Å². The first-order chi connectivity index (χ1) is 9.13. The van der Waals surface area contributed by atoms with Gasteiger partial charge in [-0.25, -0.2) is 4.39 Å². The summed E-state index contributed by atoms with van der Waals surface area (Å²) < 4.78 is 19.3. The maximum Gasteiger partial charge on any atom is 0.127 e. The number of benzene rings is 1. The molecule has 1 aromatic carbocycles. The van der Waals surface area contributed by atoms with Gasteiger partial charge in [0.1, 0.15) is 5.82 Å². The van der Waals surface area contributed by atoms with E-state index in [4.69, 9.17) is 16.3 Å². The number of halogens is 2. The van der Waals surface area contributed by atoms with Crippen molar-refractivity contribution >= 4 is 11.6 Å². The molecule has 19 heavy (non-hydrogen) atoms. The summed E-state index contributed by atoms with van der Waals surface area (Å²) in [6.07, 6.45) is 2.51. The molecule has 108 valence electrons. The van der Waals surface area contributed by atoms with Gasteiger partial charge in [-0.2, -0.15) is 0 Å². The third-order valence-corrected chi connectivity index (χ3v) is 3.65. The van der Waals surface area contributed by atoms with Crippen molar-refractivity contribution in [1.29, 1.82) is 0 Å². The minimum Gasteiger partial charge on any atom is -0.380 e. The number of nitrogens with one attached hydrogen (secondary N) is 1. The molecule has 1 N–H and O–H groups in total. The second kappa shape index (κ2) is 8.51. The number of rotatable bonds is 8. The van der Waals surface area contributed by atoms with Gasteiger partial charge in [-0.05, 0) is 37.9 Å². The third kappa shape index (κ3) is 4.75. The van der Waals surface area contributed by atoms with Crippen LogP contribution in [-0.2, 0) is 11.2 Å². The highest BCUT2D eigenvalue weighted by Crippen LogP contribution is 2.22. The minimum absolute atomic E-state index is 0.0576. The minimum atomic E-state index is -0.248. The molecule has 0 fully saturated rings. The van der Waals surface area contributed by atoms with Crippen LogP contribution in [0, 0.1) is 5.82 Å². The van der Waals surface area contributed by atoms with Crippen molar-refractivity contribution in [2.24, 2.45) is 0 Å². The lowest BCUT2D eigenvalue weighted by atomic mass is 9.99. The van der Waals surface area contributed by atoms with Gasteiger partial charge in [0.2, 0.25) is 0 Å². The highest BCUT2D eigenvalue weighted by atomic mass is 35.5. The largest absolute Gasteiger partial charge is 0.380 e. The Kier molecular flexibility index (Phi) is 7.36. The van der Waals surface area contributed by atoms with E-state index in [0.29, 0.717) is 17.0 Å². The summed E-state index contributed by atoms with van der Waals surface area (Å²) in [5.41, 5.74) is 0.563. The van der Waals surface area contributed by atoms with E-state index in [-0.39, 0.29) is 18.0 Å². The van der Waals surface area contributed by atoms with Crippen LogP contribution in [0.4, 0.5) is 4.39 Å². The Morgan fingerprint density at radius 1 is 1.37 bits per heavy atom. The van der Waals surface area contributed by atoms with E-state index in [9.17, 15) is 4.39 Å².